The van der Waals surface area contributed by atoms with Gasteiger partial charge >= 0.3 is 0 Å². The van der Waals surface area contributed by atoms with Crippen molar-refractivity contribution < 1.29 is 9.18 Å². The van der Waals surface area contributed by atoms with Gasteiger partial charge < -0.3 is 5.32 Å². The Morgan fingerprint density at radius 1 is 1.17 bits per heavy atom. The highest BCUT2D eigenvalue weighted by molar-refractivity contribution is 7.99. The summed E-state index contributed by atoms with van der Waals surface area (Å²) in [5, 5.41) is 11.0. The molecular formula is C17H17FN4OS. The van der Waals surface area contributed by atoms with Gasteiger partial charge in [0, 0.05) is 36.2 Å². The van der Waals surface area contributed by atoms with Crippen LogP contribution in [-0.4, -0.2) is 32.8 Å². The number of nitrogens with zero attached hydrogens (tertiary/aromatic N) is 3. The summed E-state index contributed by atoms with van der Waals surface area (Å²) in [6.45, 7) is 0.499. The first-order valence-corrected chi connectivity index (χ1v) is 8.65. The number of pyridine rings is 1. The summed E-state index contributed by atoms with van der Waals surface area (Å²) in [7, 11) is 0. The third-order valence-electron chi connectivity index (χ3n) is 3.48. The molecule has 0 unspecified atom stereocenters. The van der Waals surface area contributed by atoms with E-state index in [0.717, 1.165) is 11.5 Å². The van der Waals surface area contributed by atoms with Gasteiger partial charge in [-0.3, -0.25) is 9.20 Å². The smallest absolute Gasteiger partial charge is 0.220 e. The van der Waals surface area contributed by atoms with Crippen molar-refractivity contribution in [2.45, 2.75) is 17.7 Å². The van der Waals surface area contributed by atoms with Gasteiger partial charge in [0.05, 0.1) is 0 Å². The van der Waals surface area contributed by atoms with Crippen molar-refractivity contribution in [2.75, 3.05) is 12.3 Å². The van der Waals surface area contributed by atoms with Gasteiger partial charge in [0.1, 0.15) is 11.6 Å². The van der Waals surface area contributed by atoms with Crippen molar-refractivity contribution in [3.8, 4) is 0 Å². The maximum atomic E-state index is 13.5. The average Bonchev–Trinajstić information content (AvgIpc) is 3.00. The third kappa shape index (κ3) is 4.11. The largest absolute Gasteiger partial charge is 0.356 e. The van der Waals surface area contributed by atoms with Crippen LogP contribution in [0.1, 0.15) is 12.2 Å². The molecule has 0 fully saturated rings. The molecule has 0 aliphatic carbocycles. The molecule has 5 nitrogen and oxygen atoms in total. The Morgan fingerprint density at radius 2 is 2.00 bits per heavy atom. The Kier molecular flexibility index (Phi) is 5.43. The Morgan fingerprint density at radius 3 is 2.88 bits per heavy atom. The molecule has 3 rings (SSSR count). The van der Waals surface area contributed by atoms with Gasteiger partial charge in [0.2, 0.25) is 5.91 Å². The van der Waals surface area contributed by atoms with Crippen LogP contribution in [0.5, 0.6) is 0 Å². The second kappa shape index (κ2) is 7.92. The molecule has 0 spiro atoms. The second-order valence-corrected chi connectivity index (χ2v) is 6.31. The number of carbonyl (C=O) groups is 1. The van der Waals surface area contributed by atoms with E-state index in [1.165, 1.54) is 17.8 Å². The monoisotopic (exact) mass is 344 g/mol. The number of rotatable bonds is 7. The topological polar surface area (TPSA) is 59.3 Å². The van der Waals surface area contributed by atoms with Crippen LogP contribution in [0.2, 0.25) is 0 Å². The highest BCUT2D eigenvalue weighted by Gasteiger charge is 2.07. The van der Waals surface area contributed by atoms with Crippen LogP contribution in [0.4, 0.5) is 4.39 Å². The number of benzene rings is 1. The zero-order chi connectivity index (χ0) is 16.8. The van der Waals surface area contributed by atoms with Crippen LogP contribution in [0.15, 0.2) is 53.6 Å². The highest BCUT2D eigenvalue weighted by atomic mass is 32.2. The molecule has 7 heteroatoms. The van der Waals surface area contributed by atoms with Gasteiger partial charge in [0.25, 0.3) is 0 Å². The number of thioether (sulfide) groups is 1. The summed E-state index contributed by atoms with van der Waals surface area (Å²) in [5.74, 6) is 1.06. The van der Waals surface area contributed by atoms with E-state index in [9.17, 15) is 9.18 Å². The zero-order valence-electron chi connectivity index (χ0n) is 13.0. The van der Waals surface area contributed by atoms with Crippen molar-refractivity contribution >= 4 is 23.3 Å². The predicted molar refractivity (Wildman–Crippen MR) is 91.4 cm³/mol. The van der Waals surface area contributed by atoms with E-state index in [0.29, 0.717) is 30.0 Å². The van der Waals surface area contributed by atoms with E-state index < -0.39 is 0 Å². The van der Waals surface area contributed by atoms with Crippen molar-refractivity contribution in [2.24, 2.45) is 0 Å². The highest BCUT2D eigenvalue weighted by Crippen LogP contribution is 2.21. The molecule has 1 N–H and O–H groups in total. The molecule has 2 heterocycles. The van der Waals surface area contributed by atoms with Crippen LogP contribution >= 0.6 is 11.8 Å². The first kappa shape index (κ1) is 16.4. The minimum absolute atomic E-state index is 0.0485. The lowest BCUT2D eigenvalue weighted by Crippen LogP contribution is -2.26. The van der Waals surface area contributed by atoms with E-state index in [1.807, 2.05) is 28.8 Å². The van der Waals surface area contributed by atoms with Gasteiger partial charge in [-0.1, -0.05) is 18.2 Å². The summed E-state index contributed by atoms with van der Waals surface area (Å²) in [5.41, 5.74) is 0.792. The van der Waals surface area contributed by atoms with Gasteiger partial charge in [-0.15, -0.1) is 22.0 Å². The Balaban J connectivity index is 1.41. The average molecular weight is 344 g/mol. The van der Waals surface area contributed by atoms with E-state index >= 15 is 0 Å². The molecular weight excluding hydrogens is 327 g/mol. The lowest BCUT2D eigenvalue weighted by molar-refractivity contribution is -0.120. The van der Waals surface area contributed by atoms with E-state index in [1.54, 1.807) is 18.2 Å². The molecule has 1 amide bonds. The van der Waals surface area contributed by atoms with E-state index in [4.69, 9.17) is 0 Å². The van der Waals surface area contributed by atoms with Crippen LogP contribution < -0.4 is 5.32 Å². The molecule has 124 valence electrons. The van der Waals surface area contributed by atoms with Crippen molar-refractivity contribution in [3.05, 3.63) is 60.3 Å². The van der Waals surface area contributed by atoms with Crippen LogP contribution in [0.25, 0.3) is 5.65 Å². The SMILES string of the molecule is O=C(CCSc1ccccc1F)NCCc1nnc2ccccn12. The van der Waals surface area contributed by atoms with Crippen molar-refractivity contribution in [3.63, 3.8) is 0 Å². The maximum Gasteiger partial charge on any atom is 0.220 e. The number of hydrogen-bond acceptors (Lipinski definition) is 4. The quantitative estimate of drug-likeness (QED) is 0.670. The van der Waals surface area contributed by atoms with Gasteiger partial charge in [-0.2, -0.15) is 0 Å². The lowest BCUT2D eigenvalue weighted by Gasteiger charge is -2.05. The summed E-state index contributed by atoms with van der Waals surface area (Å²) >= 11 is 1.35. The van der Waals surface area contributed by atoms with Gasteiger partial charge in [0.15, 0.2) is 5.65 Å². The number of carbonyl (C=O) groups excluding carboxylic acids is 1. The van der Waals surface area contributed by atoms with Crippen molar-refractivity contribution in [1.82, 2.24) is 19.9 Å². The number of halogens is 1. The fraction of sp³-hybridized carbons (Fsp3) is 0.235. The fourth-order valence-corrected chi connectivity index (χ4v) is 3.17. The van der Waals surface area contributed by atoms with Crippen LogP contribution in [0, 0.1) is 5.82 Å². The Hall–Kier alpha value is -2.41. The van der Waals surface area contributed by atoms with Crippen LogP contribution in [-0.2, 0) is 11.2 Å². The lowest BCUT2D eigenvalue weighted by atomic mass is 10.3. The molecule has 3 aromatic rings. The molecule has 0 aliphatic heterocycles. The molecule has 0 saturated heterocycles. The normalized spacial score (nSPS) is 10.9. The number of fused-ring (bicyclic) bond motifs is 1. The zero-order valence-corrected chi connectivity index (χ0v) is 13.8. The van der Waals surface area contributed by atoms with E-state index in [-0.39, 0.29) is 11.7 Å². The summed E-state index contributed by atoms with van der Waals surface area (Å²) in [6.07, 6.45) is 2.86. The number of amides is 1. The Labute approximate surface area is 143 Å². The first-order chi connectivity index (χ1) is 11.7. The minimum atomic E-state index is -0.249. The molecule has 24 heavy (non-hydrogen) atoms. The summed E-state index contributed by atoms with van der Waals surface area (Å²) in [6, 6.07) is 12.3. The fourth-order valence-electron chi connectivity index (χ4n) is 2.28. The molecule has 0 radical (unpaired) electrons. The Bertz CT molecular complexity index is 836. The predicted octanol–water partition coefficient (Wildman–Crippen LogP) is 2.71. The minimum Gasteiger partial charge on any atom is -0.356 e. The second-order valence-electron chi connectivity index (χ2n) is 5.17. The summed E-state index contributed by atoms with van der Waals surface area (Å²) in [4.78, 5) is 12.4. The molecule has 1 aromatic carbocycles. The number of hydrogen-bond donors (Lipinski definition) is 1. The molecule has 0 atom stereocenters. The van der Waals surface area contributed by atoms with Crippen molar-refractivity contribution in [1.29, 1.82) is 0 Å². The summed E-state index contributed by atoms with van der Waals surface area (Å²) < 4.78 is 15.4. The van der Waals surface area contributed by atoms with Crippen LogP contribution in [0.3, 0.4) is 0 Å². The number of aromatic nitrogens is 3. The molecule has 0 aliphatic rings. The molecule has 0 saturated carbocycles. The maximum absolute atomic E-state index is 13.5. The molecule has 2 aromatic heterocycles. The standard InChI is InChI=1S/C17H17FN4OS/c18-13-5-1-2-6-14(13)24-12-9-17(23)19-10-8-16-21-20-15-7-3-4-11-22(15)16/h1-7,11H,8-10,12H2,(H,19,23). The molecule has 0 bridgehead atoms. The first-order valence-electron chi connectivity index (χ1n) is 7.67. The third-order valence-corrected chi connectivity index (χ3v) is 4.53. The number of nitrogens with one attached hydrogen (secondary N) is 1. The van der Waals surface area contributed by atoms with Gasteiger partial charge in [-0.05, 0) is 24.3 Å². The van der Waals surface area contributed by atoms with Gasteiger partial charge in [-0.25, -0.2) is 4.39 Å². The van der Waals surface area contributed by atoms with E-state index in [2.05, 4.69) is 15.5 Å².